The molecule has 5 nitrogen and oxygen atoms in total. The normalized spacial score (nSPS) is 19.6. The molecule has 2 aromatic rings. The highest BCUT2D eigenvalue weighted by Gasteiger charge is 2.20. The fraction of sp³-hybridized carbons (Fsp3) is 0.429. The summed E-state index contributed by atoms with van der Waals surface area (Å²) in [6.07, 6.45) is 2.71. The molecule has 0 bridgehead atoms. The maximum absolute atomic E-state index is 13.1. The number of nitrogens with zero attached hydrogens (tertiary/aromatic N) is 3. The summed E-state index contributed by atoms with van der Waals surface area (Å²) in [5, 5.41) is 17.5. The molecule has 106 valence electrons. The third-order valence-electron chi connectivity index (χ3n) is 3.64. The highest BCUT2D eigenvalue weighted by Crippen LogP contribution is 2.15. The zero-order chi connectivity index (χ0) is 13.9. The van der Waals surface area contributed by atoms with Crippen LogP contribution in [-0.2, 0) is 13.0 Å². The Labute approximate surface area is 116 Å². The van der Waals surface area contributed by atoms with Crippen molar-refractivity contribution in [3.05, 3.63) is 47.8 Å². The van der Waals surface area contributed by atoms with Crippen molar-refractivity contribution in [2.45, 2.75) is 31.5 Å². The molecule has 0 aliphatic carbocycles. The molecule has 1 aliphatic heterocycles. The van der Waals surface area contributed by atoms with E-state index in [1.54, 1.807) is 18.5 Å². The summed E-state index contributed by atoms with van der Waals surface area (Å²) >= 11 is 0. The zero-order valence-electron chi connectivity index (χ0n) is 11.0. The predicted octanol–water partition coefficient (Wildman–Crippen LogP) is 1.06. The van der Waals surface area contributed by atoms with E-state index in [9.17, 15) is 9.50 Å². The van der Waals surface area contributed by atoms with E-state index in [1.165, 1.54) is 12.1 Å². The van der Waals surface area contributed by atoms with Gasteiger partial charge in [-0.3, -0.25) is 0 Å². The van der Waals surface area contributed by atoms with Crippen LogP contribution in [0.2, 0.25) is 0 Å². The summed E-state index contributed by atoms with van der Waals surface area (Å²) in [6.45, 7) is 1.16. The standard InChI is InChI=1S/C14H17FN4O/c15-11-3-1-2-10(6-11)13(20)7-16-12-4-5-14-17-9-18-19(14)8-12/h1-3,6,9,12-13,16,20H,4-5,7-8H2/t12-,13-/m1/s1. The van der Waals surface area contributed by atoms with Crippen LogP contribution in [0.4, 0.5) is 4.39 Å². The van der Waals surface area contributed by atoms with Crippen LogP contribution in [0.3, 0.4) is 0 Å². The van der Waals surface area contributed by atoms with Crippen LogP contribution in [0.15, 0.2) is 30.6 Å². The minimum Gasteiger partial charge on any atom is -0.387 e. The lowest BCUT2D eigenvalue weighted by atomic mass is 10.1. The molecule has 2 atom stereocenters. The van der Waals surface area contributed by atoms with E-state index in [2.05, 4.69) is 15.4 Å². The third kappa shape index (κ3) is 2.86. The minimum absolute atomic E-state index is 0.257. The van der Waals surface area contributed by atoms with Gasteiger partial charge in [0.2, 0.25) is 0 Å². The van der Waals surface area contributed by atoms with Crippen molar-refractivity contribution >= 4 is 0 Å². The Morgan fingerprint density at radius 3 is 3.25 bits per heavy atom. The lowest BCUT2D eigenvalue weighted by Crippen LogP contribution is -2.39. The van der Waals surface area contributed by atoms with Crippen LogP contribution in [0.5, 0.6) is 0 Å². The Bertz CT molecular complexity index is 586. The molecule has 0 saturated heterocycles. The molecule has 0 spiro atoms. The summed E-state index contributed by atoms with van der Waals surface area (Å²) in [5.41, 5.74) is 0.592. The van der Waals surface area contributed by atoms with Gasteiger partial charge < -0.3 is 10.4 Å². The fourth-order valence-corrected chi connectivity index (χ4v) is 2.51. The van der Waals surface area contributed by atoms with Gasteiger partial charge in [0.05, 0.1) is 12.6 Å². The number of aromatic nitrogens is 3. The lowest BCUT2D eigenvalue weighted by molar-refractivity contribution is 0.164. The van der Waals surface area contributed by atoms with Gasteiger partial charge in [-0.25, -0.2) is 14.1 Å². The molecule has 1 aliphatic rings. The first-order chi connectivity index (χ1) is 9.72. The van der Waals surface area contributed by atoms with Crippen molar-refractivity contribution in [1.29, 1.82) is 0 Å². The second-order valence-corrected chi connectivity index (χ2v) is 5.07. The van der Waals surface area contributed by atoms with Gasteiger partial charge in [0.25, 0.3) is 0 Å². The minimum atomic E-state index is -0.706. The van der Waals surface area contributed by atoms with Crippen LogP contribution in [-0.4, -0.2) is 32.5 Å². The lowest BCUT2D eigenvalue weighted by Gasteiger charge is -2.25. The van der Waals surface area contributed by atoms with Crippen LogP contribution in [0.1, 0.15) is 23.9 Å². The van der Waals surface area contributed by atoms with Gasteiger partial charge in [0, 0.05) is 19.0 Å². The molecule has 3 rings (SSSR count). The van der Waals surface area contributed by atoms with E-state index in [0.29, 0.717) is 12.1 Å². The van der Waals surface area contributed by atoms with Gasteiger partial charge in [-0.2, -0.15) is 5.10 Å². The molecule has 0 fully saturated rings. The Morgan fingerprint density at radius 2 is 2.40 bits per heavy atom. The highest BCUT2D eigenvalue weighted by atomic mass is 19.1. The van der Waals surface area contributed by atoms with E-state index in [4.69, 9.17) is 0 Å². The summed E-state index contributed by atoms with van der Waals surface area (Å²) in [7, 11) is 0. The van der Waals surface area contributed by atoms with E-state index in [-0.39, 0.29) is 11.9 Å². The van der Waals surface area contributed by atoms with E-state index >= 15 is 0 Å². The third-order valence-corrected chi connectivity index (χ3v) is 3.64. The van der Waals surface area contributed by atoms with Crippen LogP contribution >= 0.6 is 0 Å². The molecule has 6 heteroatoms. The Balaban J connectivity index is 1.55. The number of aryl methyl sites for hydroxylation is 1. The SMILES string of the molecule is O[C@H](CN[C@@H]1CCc2ncnn2C1)c1cccc(F)c1. The molecule has 1 aromatic heterocycles. The van der Waals surface area contributed by atoms with E-state index in [1.807, 2.05) is 4.68 Å². The molecule has 0 saturated carbocycles. The average Bonchev–Trinajstić information content (AvgIpc) is 2.92. The van der Waals surface area contributed by atoms with E-state index in [0.717, 1.165) is 25.2 Å². The van der Waals surface area contributed by atoms with Crippen molar-refractivity contribution in [3.8, 4) is 0 Å². The maximum atomic E-state index is 13.1. The number of aliphatic hydroxyl groups excluding tert-OH is 1. The average molecular weight is 276 g/mol. The molecule has 0 amide bonds. The number of benzene rings is 1. The first kappa shape index (κ1) is 13.2. The Hall–Kier alpha value is -1.79. The highest BCUT2D eigenvalue weighted by molar-refractivity contribution is 5.19. The molecule has 1 aromatic carbocycles. The zero-order valence-corrected chi connectivity index (χ0v) is 11.0. The monoisotopic (exact) mass is 276 g/mol. The van der Waals surface area contributed by atoms with Gasteiger partial charge in [0.15, 0.2) is 0 Å². The second-order valence-electron chi connectivity index (χ2n) is 5.07. The van der Waals surface area contributed by atoms with Gasteiger partial charge in [-0.05, 0) is 24.1 Å². The second kappa shape index (κ2) is 5.68. The number of hydrogen-bond acceptors (Lipinski definition) is 4. The summed E-state index contributed by atoms with van der Waals surface area (Å²) < 4.78 is 15.0. The summed E-state index contributed by atoms with van der Waals surface area (Å²) in [4.78, 5) is 4.18. The maximum Gasteiger partial charge on any atom is 0.138 e. The van der Waals surface area contributed by atoms with Gasteiger partial charge >= 0.3 is 0 Å². The molecule has 20 heavy (non-hydrogen) atoms. The van der Waals surface area contributed by atoms with Gasteiger partial charge in [-0.1, -0.05) is 12.1 Å². The van der Waals surface area contributed by atoms with Crippen molar-refractivity contribution < 1.29 is 9.50 Å². The fourth-order valence-electron chi connectivity index (χ4n) is 2.51. The summed E-state index contributed by atoms with van der Waals surface area (Å²) in [6, 6.07) is 6.33. The number of rotatable bonds is 4. The molecular weight excluding hydrogens is 259 g/mol. The number of fused-ring (bicyclic) bond motifs is 1. The van der Waals surface area contributed by atoms with Crippen molar-refractivity contribution in [3.63, 3.8) is 0 Å². The molecule has 2 N–H and O–H groups in total. The summed E-state index contributed by atoms with van der Waals surface area (Å²) in [5.74, 6) is 0.681. The topological polar surface area (TPSA) is 63.0 Å². The number of halogens is 1. The molecule has 0 radical (unpaired) electrons. The van der Waals surface area contributed by atoms with Crippen LogP contribution < -0.4 is 5.32 Å². The number of nitrogens with one attached hydrogen (secondary N) is 1. The van der Waals surface area contributed by atoms with E-state index < -0.39 is 6.10 Å². The molecule has 0 unspecified atom stereocenters. The Morgan fingerprint density at radius 1 is 1.50 bits per heavy atom. The molecular formula is C14H17FN4O. The number of hydrogen-bond donors (Lipinski definition) is 2. The van der Waals surface area contributed by atoms with Crippen molar-refractivity contribution in [2.24, 2.45) is 0 Å². The number of aliphatic hydroxyl groups is 1. The van der Waals surface area contributed by atoms with Crippen LogP contribution in [0.25, 0.3) is 0 Å². The van der Waals surface area contributed by atoms with Crippen molar-refractivity contribution in [1.82, 2.24) is 20.1 Å². The predicted molar refractivity (Wildman–Crippen MR) is 71.5 cm³/mol. The van der Waals surface area contributed by atoms with Crippen LogP contribution in [0, 0.1) is 5.82 Å². The molecule has 2 heterocycles. The first-order valence-corrected chi connectivity index (χ1v) is 6.76. The quantitative estimate of drug-likeness (QED) is 0.876. The van der Waals surface area contributed by atoms with Gasteiger partial charge in [0.1, 0.15) is 18.0 Å². The van der Waals surface area contributed by atoms with Gasteiger partial charge in [-0.15, -0.1) is 0 Å². The first-order valence-electron chi connectivity index (χ1n) is 6.76. The smallest absolute Gasteiger partial charge is 0.138 e. The largest absolute Gasteiger partial charge is 0.387 e. The Kier molecular flexibility index (Phi) is 3.75. The van der Waals surface area contributed by atoms with Crippen molar-refractivity contribution in [2.75, 3.05) is 6.54 Å².